The average molecular weight is 244 g/mol. The molecule has 0 aromatic heterocycles. The molecule has 0 saturated heterocycles. The molecular weight excluding hydrogens is 224 g/mol. The van der Waals surface area contributed by atoms with Crippen LogP contribution in [-0.4, -0.2) is 29.4 Å². The first-order valence-corrected chi connectivity index (χ1v) is 5.76. The second kappa shape index (κ2) is 8.75. The third-order valence-electron chi connectivity index (χ3n) is 2.10. The molecule has 0 saturated carbocycles. The molecule has 0 bridgehead atoms. The highest BCUT2D eigenvalue weighted by Gasteiger charge is 2.21. The summed E-state index contributed by atoms with van der Waals surface area (Å²) in [6, 6.07) is 0. The Bertz CT molecular complexity index is 262. The first-order chi connectivity index (χ1) is 8.04. The van der Waals surface area contributed by atoms with Crippen molar-refractivity contribution >= 4 is 11.9 Å². The molecule has 98 valence electrons. The Kier molecular flexibility index (Phi) is 8.05. The van der Waals surface area contributed by atoms with E-state index in [4.69, 9.17) is 9.47 Å². The molecule has 0 aromatic carbocycles. The average Bonchev–Trinajstić information content (AvgIpc) is 2.34. The van der Waals surface area contributed by atoms with Crippen LogP contribution in [0.2, 0.25) is 0 Å². The van der Waals surface area contributed by atoms with Gasteiger partial charge in [0.15, 0.2) is 6.10 Å². The Morgan fingerprint density at radius 2 is 2.00 bits per heavy atom. The van der Waals surface area contributed by atoms with Gasteiger partial charge in [-0.3, -0.25) is 0 Å². The number of carbonyl (C=O) groups excluding carboxylic acids is 2. The van der Waals surface area contributed by atoms with Crippen molar-refractivity contribution in [2.75, 3.05) is 0 Å². The summed E-state index contributed by atoms with van der Waals surface area (Å²) < 4.78 is 9.61. The van der Waals surface area contributed by atoms with Gasteiger partial charge in [0.1, 0.15) is 0 Å². The molecule has 1 N–H and O–H groups in total. The number of carbonyl (C=O) groups is 2. The molecule has 0 aromatic rings. The summed E-state index contributed by atoms with van der Waals surface area (Å²) in [4.78, 5) is 22.3. The number of hydrogen-bond donors (Lipinski definition) is 1. The van der Waals surface area contributed by atoms with E-state index in [-0.39, 0.29) is 0 Å². The predicted molar refractivity (Wildman–Crippen MR) is 62.0 cm³/mol. The number of ether oxygens (including phenoxy) is 2. The summed E-state index contributed by atoms with van der Waals surface area (Å²) in [7, 11) is 0. The molecule has 0 aliphatic rings. The number of rotatable bonds is 8. The molecule has 5 nitrogen and oxygen atoms in total. The van der Waals surface area contributed by atoms with Crippen LogP contribution in [0.3, 0.4) is 0 Å². The maximum atomic E-state index is 11.4. The summed E-state index contributed by atoms with van der Waals surface area (Å²) in [5.74, 6) is -1.42. The minimum Gasteiger partial charge on any atom is -0.423 e. The highest BCUT2D eigenvalue weighted by molar-refractivity contribution is 5.81. The van der Waals surface area contributed by atoms with E-state index in [9.17, 15) is 14.7 Å². The van der Waals surface area contributed by atoms with Crippen molar-refractivity contribution in [2.24, 2.45) is 0 Å². The summed E-state index contributed by atoms with van der Waals surface area (Å²) in [5.41, 5.74) is 0. The van der Waals surface area contributed by atoms with Gasteiger partial charge >= 0.3 is 11.9 Å². The van der Waals surface area contributed by atoms with Gasteiger partial charge in [0.05, 0.1) is 0 Å². The van der Waals surface area contributed by atoms with E-state index < -0.39 is 24.3 Å². The van der Waals surface area contributed by atoms with Gasteiger partial charge in [0, 0.05) is 12.5 Å². The van der Waals surface area contributed by atoms with E-state index >= 15 is 0 Å². The first-order valence-electron chi connectivity index (χ1n) is 5.76. The van der Waals surface area contributed by atoms with Gasteiger partial charge < -0.3 is 14.6 Å². The first kappa shape index (κ1) is 15.6. The van der Waals surface area contributed by atoms with Gasteiger partial charge in [-0.2, -0.15) is 0 Å². The molecule has 0 rings (SSSR count). The van der Waals surface area contributed by atoms with Crippen LogP contribution in [0.4, 0.5) is 0 Å². The van der Waals surface area contributed by atoms with Crippen molar-refractivity contribution in [3.63, 3.8) is 0 Å². The monoisotopic (exact) mass is 244 g/mol. The third-order valence-corrected chi connectivity index (χ3v) is 2.10. The number of unbranched alkanes of at least 4 members (excludes halogenated alkanes) is 1. The van der Waals surface area contributed by atoms with Crippen LogP contribution in [0.5, 0.6) is 0 Å². The molecule has 2 atom stereocenters. The van der Waals surface area contributed by atoms with Gasteiger partial charge in [0.25, 0.3) is 0 Å². The van der Waals surface area contributed by atoms with Crippen LogP contribution in [0.1, 0.15) is 39.5 Å². The SMILES string of the molecule is C=CC(=O)OC(CC)OC(=O)C(O)CCCC. The Morgan fingerprint density at radius 1 is 1.35 bits per heavy atom. The molecule has 17 heavy (non-hydrogen) atoms. The molecule has 0 spiro atoms. The van der Waals surface area contributed by atoms with Crippen molar-refractivity contribution in [3.8, 4) is 0 Å². The van der Waals surface area contributed by atoms with E-state index in [1.54, 1.807) is 6.92 Å². The number of aliphatic hydroxyl groups excluding tert-OH is 1. The lowest BCUT2D eigenvalue weighted by molar-refractivity contribution is -0.191. The fraction of sp³-hybridized carbons (Fsp3) is 0.667. The van der Waals surface area contributed by atoms with Crippen molar-refractivity contribution in [2.45, 2.75) is 51.9 Å². The van der Waals surface area contributed by atoms with Crippen LogP contribution < -0.4 is 0 Å². The highest BCUT2D eigenvalue weighted by atomic mass is 16.7. The van der Waals surface area contributed by atoms with Crippen LogP contribution in [0.15, 0.2) is 12.7 Å². The Labute approximate surface area is 101 Å². The van der Waals surface area contributed by atoms with E-state index in [0.29, 0.717) is 12.8 Å². The summed E-state index contributed by atoms with van der Waals surface area (Å²) in [6.45, 7) is 6.90. The molecule has 0 amide bonds. The molecule has 0 heterocycles. The quantitative estimate of drug-likeness (QED) is 0.398. The third kappa shape index (κ3) is 6.73. The fourth-order valence-electron chi connectivity index (χ4n) is 1.09. The normalized spacial score (nSPS) is 13.6. The maximum Gasteiger partial charge on any atom is 0.338 e. The minimum absolute atomic E-state index is 0.325. The maximum absolute atomic E-state index is 11.4. The van der Waals surface area contributed by atoms with Crippen molar-refractivity contribution in [1.82, 2.24) is 0 Å². The molecule has 0 aliphatic carbocycles. The molecule has 0 radical (unpaired) electrons. The Hall–Kier alpha value is -1.36. The predicted octanol–water partition coefficient (Wildman–Crippen LogP) is 1.55. The number of esters is 2. The van der Waals surface area contributed by atoms with Crippen LogP contribution in [-0.2, 0) is 19.1 Å². The van der Waals surface area contributed by atoms with E-state index in [1.165, 1.54) is 0 Å². The van der Waals surface area contributed by atoms with E-state index in [2.05, 4.69) is 6.58 Å². The second-order valence-electron chi connectivity index (χ2n) is 3.57. The summed E-state index contributed by atoms with van der Waals surface area (Å²) in [5, 5.41) is 9.45. The fourth-order valence-corrected chi connectivity index (χ4v) is 1.09. The summed E-state index contributed by atoms with van der Waals surface area (Å²) >= 11 is 0. The largest absolute Gasteiger partial charge is 0.423 e. The van der Waals surface area contributed by atoms with E-state index in [1.807, 2.05) is 6.92 Å². The topological polar surface area (TPSA) is 72.8 Å². The zero-order chi connectivity index (χ0) is 13.3. The zero-order valence-electron chi connectivity index (χ0n) is 10.3. The van der Waals surface area contributed by atoms with Crippen molar-refractivity contribution in [1.29, 1.82) is 0 Å². The van der Waals surface area contributed by atoms with Gasteiger partial charge in [0.2, 0.25) is 6.29 Å². The molecule has 0 fully saturated rings. The van der Waals surface area contributed by atoms with E-state index in [0.717, 1.165) is 18.9 Å². The van der Waals surface area contributed by atoms with Crippen LogP contribution in [0.25, 0.3) is 0 Å². The lowest BCUT2D eigenvalue weighted by Gasteiger charge is -2.17. The smallest absolute Gasteiger partial charge is 0.338 e. The molecule has 0 aliphatic heterocycles. The molecule has 5 heteroatoms. The standard InChI is InChI=1S/C12H20O5/c1-4-7-8-9(13)12(15)17-11(6-3)16-10(14)5-2/h5,9,11,13H,2,4,6-8H2,1,3H3. The lowest BCUT2D eigenvalue weighted by Crippen LogP contribution is -2.30. The highest BCUT2D eigenvalue weighted by Crippen LogP contribution is 2.07. The van der Waals surface area contributed by atoms with Gasteiger partial charge in [-0.05, 0) is 6.42 Å². The Morgan fingerprint density at radius 3 is 2.47 bits per heavy atom. The zero-order valence-corrected chi connectivity index (χ0v) is 10.3. The van der Waals surface area contributed by atoms with Gasteiger partial charge in [-0.1, -0.05) is 33.3 Å². The lowest BCUT2D eigenvalue weighted by atomic mass is 10.2. The summed E-state index contributed by atoms with van der Waals surface area (Å²) in [6.07, 6.45) is 1.15. The Balaban J connectivity index is 4.13. The number of hydrogen-bond acceptors (Lipinski definition) is 5. The van der Waals surface area contributed by atoms with Crippen LogP contribution >= 0.6 is 0 Å². The van der Waals surface area contributed by atoms with Gasteiger partial charge in [-0.15, -0.1) is 0 Å². The molecular formula is C12H20O5. The number of aliphatic hydroxyl groups is 1. The minimum atomic E-state index is -1.16. The second-order valence-corrected chi connectivity index (χ2v) is 3.57. The van der Waals surface area contributed by atoms with Crippen molar-refractivity contribution < 1.29 is 24.2 Å². The van der Waals surface area contributed by atoms with Crippen LogP contribution in [0, 0.1) is 0 Å². The van der Waals surface area contributed by atoms with Gasteiger partial charge in [-0.25, -0.2) is 9.59 Å². The molecule has 2 unspecified atom stereocenters. The van der Waals surface area contributed by atoms with Crippen molar-refractivity contribution in [3.05, 3.63) is 12.7 Å².